The molecule has 63 heavy (non-hydrogen) atoms. The Morgan fingerprint density at radius 2 is 0.587 bits per heavy atom. The van der Waals surface area contributed by atoms with Crippen LogP contribution in [0.1, 0.15) is 242 Å². The smallest absolute Gasteiger partial charge is 0.146 e. The molecule has 8 rings (SSSR count). The monoisotopic (exact) mass is 917 g/mol. The van der Waals surface area contributed by atoms with Crippen molar-refractivity contribution in [3.8, 4) is 0 Å². The summed E-state index contributed by atoms with van der Waals surface area (Å²) in [7, 11) is 0. The van der Waals surface area contributed by atoms with E-state index in [2.05, 4.69) is 211 Å². The number of fused-ring (bicyclic) bond motifs is 4. The predicted molar refractivity (Wildman–Crippen MR) is 270 cm³/mol. The summed E-state index contributed by atoms with van der Waals surface area (Å²) in [6.45, 7) is 47.1. The van der Waals surface area contributed by atoms with Gasteiger partial charge in [0.05, 0.1) is 0 Å². The summed E-state index contributed by atoms with van der Waals surface area (Å²) in [5, 5.41) is 0. The Balaban J connectivity index is 0.000000206. The molecule has 0 fully saturated rings. The second-order valence-corrected chi connectivity index (χ2v) is 26.8. The first kappa shape index (κ1) is 49.7. The van der Waals surface area contributed by atoms with Gasteiger partial charge in [-0.2, -0.15) is 0 Å². The third-order valence-electron chi connectivity index (χ3n) is 15.5. The third kappa shape index (κ3) is 10.0. The molecule has 0 heterocycles. The van der Waals surface area contributed by atoms with Crippen molar-refractivity contribution >= 4 is 11.1 Å². The van der Waals surface area contributed by atoms with Crippen LogP contribution in [0, 0.1) is 12.2 Å². The maximum Gasteiger partial charge on any atom is 2.00 e. The normalized spacial score (nSPS) is 19.3. The topological polar surface area (TPSA) is 0 Å². The number of hydrogen-bond donors (Lipinski definition) is 0. The zero-order valence-electron chi connectivity index (χ0n) is 43.5. The van der Waals surface area contributed by atoms with Gasteiger partial charge in [-0.3, -0.25) is 0 Å². The molecule has 0 radical (unpaired) electrons. The van der Waals surface area contributed by atoms with Crippen molar-refractivity contribution in [3.05, 3.63) is 151 Å². The first-order valence-corrected chi connectivity index (χ1v) is 24.1. The van der Waals surface area contributed by atoms with E-state index in [0.717, 1.165) is 12.8 Å². The van der Waals surface area contributed by atoms with Crippen LogP contribution in [0.5, 0.6) is 0 Å². The Bertz CT molecular complexity index is 2230. The Morgan fingerprint density at radius 1 is 0.349 bits per heavy atom. The molecule has 0 atom stereocenters. The van der Waals surface area contributed by atoms with Crippen LogP contribution < -0.4 is 0 Å². The van der Waals surface area contributed by atoms with Gasteiger partial charge in [-0.05, 0) is 69.0 Å². The van der Waals surface area contributed by atoms with E-state index in [1.54, 1.807) is 11.1 Å². The van der Waals surface area contributed by atoms with Crippen LogP contribution in [-0.4, -0.2) is 0 Å². The number of rotatable bonds is 2. The maximum atomic E-state index is 3.84. The van der Waals surface area contributed by atoms with Gasteiger partial charge in [0.1, 0.15) is 0 Å². The van der Waals surface area contributed by atoms with Crippen molar-refractivity contribution in [1.29, 1.82) is 0 Å². The summed E-state index contributed by atoms with van der Waals surface area (Å²) >= 11 is 0. The molecule has 0 spiro atoms. The predicted octanol–water partition coefficient (Wildman–Crippen LogP) is 16.8. The number of hydrogen-bond acceptors (Lipinski definition) is 0. The largest absolute Gasteiger partial charge is 2.00 e. The van der Waals surface area contributed by atoms with Gasteiger partial charge >= 0.3 is 26.2 Å². The van der Waals surface area contributed by atoms with Crippen molar-refractivity contribution in [3.63, 3.8) is 0 Å². The summed E-state index contributed by atoms with van der Waals surface area (Å²) < 4.78 is 0. The van der Waals surface area contributed by atoms with Gasteiger partial charge in [0.2, 0.25) is 0 Å². The standard InChI is InChI=1S/2C31H41.Zr/c2*1-28(2,3)24-15-23(16-25(19-24)29(4,5)6)20-13-21-17-26-27(18-22(21)14-20)31(9,10)12-11-30(26,7)8;/h2*15-19H,11-13H2,1-10H3;/q2*-1;+2. The van der Waals surface area contributed by atoms with E-state index in [9.17, 15) is 0 Å². The van der Waals surface area contributed by atoms with E-state index in [1.165, 1.54) is 104 Å². The fraction of sp³-hybridized carbons (Fsp3) is 0.548. The molecule has 0 unspecified atom stereocenters. The summed E-state index contributed by atoms with van der Waals surface area (Å²) in [5.41, 5.74) is 24.4. The van der Waals surface area contributed by atoms with Gasteiger partial charge < -0.3 is 0 Å². The first-order chi connectivity index (χ1) is 28.2. The van der Waals surface area contributed by atoms with E-state index in [0.29, 0.717) is 0 Å². The molecule has 4 aliphatic carbocycles. The van der Waals surface area contributed by atoms with E-state index in [-0.39, 0.29) is 69.5 Å². The Kier molecular flexibility index (Phi) is 12.8. The molecule has 0 amide bonds. The fourth-order valence-electron chi connectivity index (χ4n) is 10.3. The molecule has 0 aromatic heterocycles. The Labute approximate surface area is 405 Å². The van der Waals surface area contributed by atoms with Gasteiger partial charge in [0.15, 0.2) is 0 Å². The zero-order valence-corrected chi connectivity index (χ0v) is 46.0. The second-order valence-electron chi connectivity index (χ2n) is 26.8. The van der Waals surface area contributed by atoms with Crippen LogP contribution >= 0.6 is 0 Å². The minimum atomic E-state index is 0. The average Bonchev–Trinajstić information content (AvgIpc) is 3.77. The molecule has 0 N–H and O–H groups in total. The van der Waals surface area contributed by atoms with Gasteiger partial charge in [-0.15, -0.1) is 57.7 Å². The molecule has 1 heteroatoms. The zero-order chi connectivity index (χ0) is 46.0. The first-order valence-electron chi connectivity index (χ1n) is 24.1. The molecule has 0 saturated carbocycles. The van der Waals surface area contributed by atoms with Crippen LogP contribution in [0.3, 0.4) is 0 Å². The minimum Gasteiger partial charge on any atom is -0.146 e. The molecular weight excluding hydrogens is 836 g/mol. The third-order valence-corrected chi connectivity index (χ3v) is 15.5. The molecular formula is C62H82Zr. The van der Waals surface area contributed by atoms with Crippen molar-refractivity contribution in [2.75, 3.05) is 0 Å². The fourth-order valence-corrected chi connectivity index (χ4v) is 10.3. The van der Waals surface area contributed by atoms with E-state index in [4.69, 9.17) is 0 Å². The van der Waals surface area contributed by atoms with Crippen molar-refractivity contribution in [2.24, 2.45) is 0 Å². The second kappa shape index (κ2) is 16.2. The summed E-state index contributed by atoms with van der Waals surface area (Å²) in [4.78, 5) is 0. The Morgan fingerprint density at radius 3 is 0.825 bits per heavy atom. The van der Waals surface area contributed by atoms with Crippen LogP contribution in [0.4, 0.5) is 0 Å². The quantitative estimate of drug-likeness (QED) is 0.176. The van der Waals surface area contributed by atoms with Crippen molar-refractivity contribution in [1.82, 2.24) is 0 Å². The maximum absolute atomic E-state index is 3.84. The molecule has 4 aliphatic rings. The van der Waals surface area contributed by atoms with Crippen molar-refractivity contribution < 1.29 is 26.2 Å². The summed E-state index contributed by atoms with van der Waals surface area (Å²) in [6.07, 6.45) is 14.7. The average molecular weight is 919 g/mol. The van der Waals surface area contributed by atoms with Crippen LogP contribution in [0.2, 0.25) is 0 Å². The van der Waals surface area contributed by atoms with Gasteiger partial charge in [0, 0.05) is 0 Å². The van der Waals surface area contributed by atoms with E-state index >= 15 is 0 Å². The summed E-state index contributed by atoms with van der Waals surface area (Å²) in [5.74, 6) is 0. The van der Waals surface area contributed by atoms with Gasteiger partial charge in [0.25, 0.3) is 0 Å². The van der Waals surface area contributed by atoms with Crippen LogP contribution in [0.15, 0.2) is 60.7 Å². The van der Waals surface area contributed by atoms with E-state index < -0.39 is 0 Å². The Hall–Kier alpha value is -2.76. The number of benzene rings is 4. The van der Waals surface area contributed by atoms with Crippen LogP contribution in [-0.2, 0) is 82.4 Å². The molecule has 334 valence electrons. The van der Waals surface area contributed by atoms with Gasteiger partial charge in [-0.25, -0.2) is 0 Å². The molecule has 4 aromatic rings. The molecule has 0 bridgehead atoms. The summed E-state index contributed by atoms with van der Waals surface area (Å²) in [6, 6.07) is 24.5. The van der Waals surface area contributed by atoms with Gasteiger partial charge in [-0.1, -0.05) is 255 Å². The van der Waals surface area contributed by atoms with Crippen LogP contribution in [0.25, 0.3) is 11.1 Å². The molecule has 0 saturated heterocycles. The van der Waals surface area contributed by atoms with E-state index in [1.807, 2.05) is 0 Å². The SMILES string of the molecule is CC(C)(C)c1cc(C2=[C-]c3cc4c(cc3C2)C(C)(C)CCC4(C)C)cc(C(C)(C)C)c1.CC(C)(C)c1cc(C2=[C-]c3cc4c(cc3C2)C(C)(C)CCC4(C)C)cc(C(C)(C)C)c1.[Zr+2]. The number of allylic oxidation sites excluding steroid dienone is 2. The minimum absolute atomic E-state index is 0. The molecule has 4 aromatic carbocycles. The van der Waals surface area contributed by atoms with Crippen molar-refractivity contribution in [2.45, 2.75) is 220 Å². The molecule has 0 aliphatic heterocycles. The molecule has 0 nitrogen and oxygen atoms in total.